The first kappa shape index (κ1) is 31.1. The molecule has 2 aliphatic heterocycles. The van der Waals surface area contributed by atoms with Crippen LogP contribution in [-0.4, -0.2) is 76.2 Å². The summed E-state index contributed by atoms with van der Waals surface area (Å²) in [6.45, 7) is 5.15. The molecule has 0 aliphatic carbocycles. The first-order chi connectivity index (χ1) is 17.0. The van der Waals surface area contributed by atoms with Gasteiger partial charge in [0.15, 0.2) is 0 Å². The summed E-state index contributed by atoms with van der Waals surface area (Å²) in [5, 5.41) is 40.4. The summed E-state index contributed by atoms with van der Waals surface area (Å²) >= 11 is 0. The van der Waals surface area contributed by atoms with Gasteiger partial charge in [-0.2, -0.15) is 0 Å². The van der Waals surface area contributed by atoms with Gasteiger partial charge >= 0.3 is 5.97 Å². The number of nitrogens with two attached hydrogens (primary N) is 1. The van der Waals surface area contributed by atoms with Gasteiger partial charge in [-0.15, -0.1) is 0 Å². The molecule has 0 aromatic carbocycles. The zero-order valence-electron chi connectivity index (χ0n) is 22.5. The molecule has 2 aliphatic rings. The van der Waals surface area contributed by atoms with Crippen LogP contribution in [0.25, 0.3) is 0 Å². The highest BCUT2D eigenvalue weighted by Crippen LogP contribution is 2.26. The van der Waals surface area contributed by atoms with Crippen LogP contribution in [0.3, 0.4) is 0 Å². The van der Waals surface area contributed by atoms with Gasteiger partial charge in [0.2, 0.25) is 0 Å². The maximum Gasteiger partial charge on any atom is 0.306 e. The largest absolute Gasteiger partial charge is 0.481 e. The molecule has 0 radical (unpaired) electrons. The van der Waals surface area contributed by atoms with Crippen molar-refractivity contribution in [2.75, 3.05) is 13.1 Å². The molecule has 0 bridgehead atoms. The quantitative estimate of drug-likeness (QED) is 0.114. The fourth-order valence-corrected chi connectivity index (χ4v) is 5.91. The van der Waals surface area contributed by atoms with E-state index >= 15 is 0 Å². The first-order valence-corrected chi connectivity index (χ1v) is 14.1. The van der Waals surface area contributed by atoms with Crippen molar-refractivity contribution in [3.05, 3.63) is 0 Å². The maximum atomic E-state index is 11.4. The average molecular weight is 513 g/mol. The van der Waals surface area contributed by atoms with Gasteiger partial charge in [0, 0.05) is 30.6 Å². The van der Waals surface area contributed by atoms with Crippen LogP contribution in [0.4, 0.5) is 0 Å². The van der Waals surface area contributed by atoms with E-state index in [0.717, 1.165) is 83.5 Å². The molecule has 8 N–H and O–H groups in total. The number of β-amino-alcohol motifs (C(OH)–C–C–N with tert-alkyl or cyclic N) is 1. The number of aliphatic hydroxyl groups is 2. The van der Waals surface area contributed by atoms with Gasteiger partial charge in [0.25, 0.3) is 0 Å². The van der Waals surface area contributed by atoms with Gasteiger partial charge in [-0.1, -0.05) is 32.1 Å². The number of piperidine rings is 2. The van der Waals surface area contributed by atoms with E-state index < -0.39 is 11.6 Å². The Hall–Kier alpha value is -1.10. The predicted molar refractivity (Wildman–Crippen MR) is 142 cm³/mol. The van der Waals surface area contributed by atoms with Gasteiger partial charge in [0.05, 0.1) is 24.3 Å². The number of hydrogen-bond acceptors (Lipinski definition) is 8. The molecule has 0 aromatic heterocycles. The van der Waals surface area contributed by atoms with E-state index in [2.05, 4.69) is 22.9 Å². The Bertz CT molecular complexity index is 668. The van der Waals surface area contributed by atoms with Gasteiger partial charge < -0.3 is 41.8 Å². The lowest BCUT2D eigenvalue weighted by molar-refractivity contribution is -0.143. The molecule has 9 heteroatoms. The first-order valence-electron chi connectivity index (χ1n) is 14.1. The molecule has 2 rings (SSSR count). The standard InChI is InChI=1S/C27H52N4O5/c1-20-23(33)10-9-22(31-20)16-21(11-15-32)8-6-4-3-5-7-12-27(36,18-25(34)35)19-30-26(2)13-14-29-24(28)17-26/h15,20-24,29-31,33,36H,3-14,16-19,28H2,1-2H3,(H,34,35)/t20-,21+,22-,23+,24-,26-,27+/m0/s1. The third-order valence-corrected chi connectivity index (χ3v) is 8.27. The minimum Gasteiger partial charge on any atom is -0.481 e. The van der Waals surface area contributed by atoms with E-state index in [9.17, 15) is 24.9 Å². The van der Waals surface area contributed by atoms with Gasteiger partial charge in [-0.3, -0.25) is 4.79 Å². The number of carbonyl (C=O) groups is 2. The SMILES string of the molecule is C[C@@H]1N[C@H](C[C@@H](CC=O)CCCCCCC[C@](O)(CN[C@@]2(C)CCN[C@H](N)C2)CC(=O)O)CC[C@H]1O. The molecule has 36 heavy (non-hydrogen) atoms. The molecule has 0 spiro atoms. The zero-order chi connectivity index (χ0) is 26.6. The van der Waals surface area contributed by atoms with Crippen LogP contribution >= 0.6 is 0 Å². The van der Waals surface area contributed by atoms with Crippen LogP contribution in [0.1, 0.15) is 104 Å². The number of aliphatic hydroxyl groups excluding tert-OH is 1. The second kappa shape index (κ2) is 15.3. The van der Waals surface area contributed by atoms with Crippen molar-refractivity contribution in [1.82, 2.24) is 16.0 Å². The van der Waals surface area contributed by atoms with Crippen molar-refractivity contribution in [3.63, 3.8) is 0 Å². The smallest absolute Gasteiger partial charge is 0.306 e. The lowest BCUT2D eigenvalue weighted by Crippen LogP contribution is -2.59. The van der Waals surface area contributed by atoms with Crippen molar-refractivity contribution in [1.29, 1.82) is 0 Å². The van der Waals surface area contributed by atoms with Crippen LogP contribution in [0, 0.1) is 5.92 Å². The summed E-state index contributed by atoms with van der Waals surface area (Å²) in [4.78, 5) is 22.6. The molecule has 210 valence electrons. The number of hydrogen-bond donors (Lipinski definition) is 7. The van der Waals surface area contributed by atoms with Crippen molar-refractivity contribution in [2.45, 2.75) is 139 Å². The predicted octanol–water partition coefficient (Wildman–Crippen LogP) is 2.04. The average Bonchev–Trinajstić information content (AvgIpc) is 2.79. The number of unbranched alkanes of at least 4 members (excludes halogenated alkanes) is 4. The number of nitrogens with one attached hydrogen (secondary N) is 3. The molecule has 7 atom stereocenters. The second-order valence-corrected chi connectivity index (χ2v) is 11.8. The van der Waals surface area contributed by atoms with E-state index in [1.165, 1.54) is 0 Å². The summed E-state index contributed by atoms with van der Waals surface area (Å²) in [5.74, 6) is -0.609. The Morgan fingerprint density at radius 2 is 1.97 bits per heavy atom. The highest BCUT2D eigenvalue weighted by molar-refractivity contribution is 5.68. The van der Waals surface area contributed by atoms with E-state index in [4.69, 9.17) is 5.73 Å². The lowest BCUT2D eigenvalue weighted by Gasteiger charge is -2.41. The molecule has 0 saturated carbocycles. The molecule has 2 fully saturated rings. The number of rotatable bonds is 17. The van der Waals surface area contributed by atoms with E-state index in [0.29, 0.717) is 24.8 Å². The third kappa shape index (κ3) is 11.5. The van der Waals surface area contributed by atoms with Crippen LogP contribution in [-0.2, 0) is 9.59 Å². The van der Waals surface area contributed by atoms with Crippen LogP contribution < -0.4 is 21.7 Å². The summed E-state index contributed by atoms with van der Waals surface area (Å²) in [6.07, 6.45) is 11.7. The van der Waals surface area contributed by atoms with Gasteiger partial charge in [-0.25, -0.2) is 0 Å². The fraction of sp³-hybridized carbons (Fsp3) is 0.926. The van der Waals surface area contributed by atoms with E-state index in [-0.39, 0.29) is 36.8 Å². The number of carboxylic acid groups (broad SMARTS) is 1. The second-order valence-electron chi connectivity index (χ2n) is 11.8. The normalized spacial score (nSPS) is 31.5. The molecule has 0 unspecified atom stereocenters. The highest BCUT2D eigenvalue weighted by Gasteiger charge is 2.35. The monoisotopic (exact) mass is 512 g/mol. The summed E-state index contributed by atoms with van der Waals surface area (Å²) in [5.41, 5.74) is 4.55. The minimum absolute atomic E-state index is 0.0923. The van der Waals surface area contributed by atoms with Crippen LogP contribution in [0.15, 0.2) is 0 Å². The molecule has 0 amide bonds. The highest BCUT2D eigenvalue weighted by atomic mass is 16.4. The molecule has 9 nitrogen and oxygen atoms in total. The molecule has 2 saturated heterocycles. The molecule has 0 aromatic rings. The van der Waals surface area contributed by atoms with Crippen LogP contribution in [0.2, 0.25) is 0 Å². The fourth-order valence-electron chi connectivity index (χ4n) is 5.91. The third-order valence-electron chi connectivity index (χ3n) is 8.27. The summed E-state index contributed by atoms with van der Waals surface area (Å²) < 4.78 is 0. The lowest BCUT2D eigenvalue weighted by atomic mass is 9.85. The molecule has 2 heterocycles. The topological polar surface area (TPSA) is 157 Å². The number of carboxylic acids is 1. The Morgan fingerprint density at radius 3 is 2.64 bits per heavy atom. The number of aldehydes is 1. The number of aliphatic carboxylic acids is 1. The van der Waals surface area contributed by atoms with Gasteiger partial charge in [-0.05, 0) is 71.3 Å². The maximum absolute atomic E-state index is 11.4. The summed E-state index contributed by atoms with van der Waals surface area (Å²) in [6, 6.07) is 0.479. The van der Waals surface area contributed by atoms with Gasteiger partial charge in [0.1, 0.15) is 6.29 Å². The van der Waals surface area contributed by atoms with E-state index in [1.807, 2.05) is 6.92 Å². The van der Waals surface area contributed by atoms with Crippen molar-refractivity contribution in [2.24, 2.45) is 11.7 Å². The zero-order valence-corrected chi connectivity index (χ0v) is 22.5. The van der Waals surface area contributed by atoms with E-state index in [1.54, 1.807) is 0 Å². The Morgan fingerprint density at radius 1 is 1.25 bits per heavy atom. The Balaban J connectivity index is 1.67. The van der Waals surface area contributed by atoms with Crippen molar-refractivity contribution < 1.29 is 24.9 Å². The van der Waals surface area contributed by atoms with Crippen LogP contribution in [0.5, 0.6) is 0 Å². The van der Waals surface area contributed by atoms with Crippen molar-refractivity contribution >= 4 is 12.3 Å². The molecular weight excluding hydrogens is 460 g/mol. The van der Waals surface area contributed by atoms with Crippen molar-refractivity contribution in [3.8, 4) is 0 Å². The Labute approximate surface area is 217 Å². The Kier molecular flexibility index (Phi) is 13.3. The number of carbonyl (C=O) groups excluding carboxylic acids is 1. The molecular formula is C27H52N4O5. The minimum atomic E-state index is -1.27. The summed E-state index contributed by atoms with van der Waals surface area (Å²) in [7, 11) is 0.